The summed E-state index contributed by atoms with van der Waals surface area (Å²) >= 11 is 0. The second-order valence-corrected chi connectivity index (χ2v) is 6.13. The van der Waals surface area contributed by atoms with Crippen LogP contribution in [0.15, 0.2) is 30.3 Å². The maximum atomic E-state index is 12.4. The number of likely N-dealkylation sites (tertiary alicyclic amines) is 1. The molecule has 0 bridgehead atoms. The minimum atomic E-state index is -0.0821. The number of rotatable bonds is 7. The Labute approximate surface area is 138 Å². The highest BCUT2D eigenvalue weighted by atomic mass is 16.2. The highest BCUT2D eigenvalue weighted by Crippen LogP contribution is 2.18. The Morgan fingerprint density at radius 2 is 2.00 bits per heavy atom. The van der Waals surface area contributed by atoms with E-state index in [1.807, 2.05) is 35.2 Å². The van der Waals surface area contributed by atoms with Gasteiger partial charge in [-0.25, -0.2) is 0 Å². The molecule has 5 heteroatoms. The first kappa shape index (κ1) is 17.5. The molecule has 23 heavy (non-hydrogen) atoms. The van der Waals surface area contributed by atoms with Gasteiger partial charge < -0.3 is 16.0 Å². The van der Waals surface area contributed by atoms with Crippen LogP contribution in [0.5, 0.6) is 0 Å². The first-order valence-corrected chi connectivity index (χ1v) is 8.50. The van der Waals surface area contributed by atoms with E-state index in [-0.39, 0.29) is 17.7 Å². The molecule has 3 N–H and O–H groups in total. The van der Waals surface area contributed by atoms with Gasteiger partial charge in [0.25, 0.3) is 0 Å². The molecule has 1 aromatic rings. The van der Waals surface area contributed by atoms with Gasteiger partial charge in [-0.05, 0) is 37.8 Å². The molecule has 1 saturated heterocycles. The molecule has 5 nitrogen and oxygen atoms in total. The lowest BCUT2D eigenvalue weighted by molar-refractivity contribution is -0.135. The van der Waals surface area contributed by atoms with Crippen LogP contribution in [0.3, 0.4) is 0 Å². The monoisotopic (exact) mass is 317 g/mol. The zero-order chi connectivity index (χ0) is 16.5. The van der Waals surface area contributed by atoms with E-state index in [1.54, 1.807) is 0 Å². The number of carbonyl (C=O) groups excluding carboxylic acids is 2. The standard InChI is InChI=1S/C18H27N3O2/c19-10-4-5-11-20-18(23)16-9-6-12-21(14-16)17(22)13-15-7-2-1-3-8-15/h1-3,7-8,16H,4-6,9-14,19H2,(H,20,23). The van der Waals surface area contributed by atoms with Gasteiger partial charge >= 0.3 is 0 Å². The van der Waals surface area contributed by atoms with Gasteiger partial charge in [-0.15, -0.1) is 0 Å². The summed E-state index contributed by atoms with van der Waals surface area (Å²) in [4.78, 5) is 26.5. The molecule has 1 heterocycles. The lowest BCUT2D eigenvalue weighted by atomic mass is 9.96. The van der Waals surface area contributed by atoms with Gasteiger partial charge in [-0.3, -0.25) is 9.59 Å². The van der Waals surface area contributed by atoms with Crippen molar-refractivity contribution in [2.75, 3.05) is 26.2 Å². The third-order valence-electron chi connectivity index (χ3n) is 4.27. The third kappa shape index (κ3) is 5.67. The zero-order valence-electron chi connectivity index (χ0n) is 13.7. The van der Waals surface area contributed by atoms with Crippen molar-refractivity contribution in [3.63, 3.8) is 0 Å². The zero-order valence-corrected chi connectivity index (χ0v) is 13.7. The van der Waals surface area contributed by atoms with E-state index in [4.69, 9.17) is 5.73 Å². The average molecular weight is 317 g/mol. The Morgan fingerprint density at radius 3 is 2.74 bits per heavy atom. The summed E-state index contributed by atoms with van der Waals surface area (Å²) in [6.07, 6.45) is 3.99. The van der Waals surface area contributed by atoms with Crippen molar-refractivity contribution in [1.82, 2.24) is 10.2 Å². The predicted octanol–water partition coefficient (Wildman–Crippen LogP) is 1.32. The van der Waals surface area contributed by atoms with E-state index in [0.717, 1.165) is 37.8 Å². The fourth-order valence-corrected chi connectivity index (χ4v) is 2.93. The van der Waals surface area contributed by atoms with E-state index in [2.05, 4.69) is 5.32 Å². The number of amides is 2. The number of hydrogen-bond donors (Lipinski definition) is 2. The fraction of sp³-hybridized carbons (Fsp3) is 0.556. The highest BCUT2D eigenvalue weighted by molar-refractivity contribution is 5.82. The third-order valence-corrected chi connectivity index (χ3v) is 4.27. The van der Waals surface area contributed by atoms with Crippen LogP contribution in [-0.4, -0.2) is 42.9 Å². The second-order valence-electron chi connectivity index (χ2n) is 6.13. The first-order valence-electron chi connectivity index (χ1n) is 8.50. The summed E-state index contributed by atoms with van der Waals surface area (Å²) in [5.41, 5.74) is 6.47. The first-order chi connectivity index (χ1) is 11.2. The molecule has 1 aliphatic rings. The van der Waals surface area contributed by atoms with Crippen LogP contribution in [0, 0.1) is 5.92 Å². The molecule has 1 unspecified atom stereocenters. The number of piperidine rings is 1. The molecule has 1 fully saturated rings. The lowest BCUT2D eigenvalue weighted by Crippen LogP contribution is -2.46. The molecule has 2 amide bonds. The van der Waals surface area contributed by atoms with Gasteiger partial charge in [0.2, 0.25) is 11.8 Å². The smallest absolute Gasteiger partial charge is 0.227 e. The van der Waals surface area contributed by atoms with Gasteiger partial charge in [0.15, 0.2) is 0 Å². The van der Waals surface area contributed by atoms with Gasteiger partial charge in [0, 0.05) is 19.6 Å². The van der Waals surface area contributed by atoms with Gasteiger partial charge in [0.05, 0.1) is 12.3 Å². The molecule has 1 aliphatic heterocycles. The van der Waals surface area contributed by atoms with Crippen LogP contribution in [-0.2, 0) is 16.0 Å². The summed E-state index contributed by atoms with van der Waals surface area (Å²) < 4.78 is 0. The van der Waals surface area contributed by atoms with Crippen molar-refractivity contribution in [2.24, 2.45) is 11.7 Å². The van der Waals surface area contributed by atoms with E-state index >= 15 is 0 Å². The van der Waals surface area contributed by atoms with E-state index in [1.165, 1.54) is 0 Å². The van der Waals surface area contributed by atoms with Crippen LogP contribution >= 0.6 is 0 Å². The Kier molecular flexibility index (Phi) is 7.07. The Balaban J connectivity index is 1.80. The maximum absolute atomic E-state index is 12.4. The molecule has 0 saturated carbocycles. The van der Waals surface area contributed by atoms with Crippen molar-refractivity contribution in [3.8, 4) is 0 Å². The van der Waals surface area contributed by atoms with Crippen LogP contribution < -0.4 is 11.1 Å². The molecule has 1 aromatic carbocycles. The van der Waals surface area contributed by atoms with Gasteiger partial charge in [-0.2, -0.15) is 0 Å². The predicted molar refractivity (Wildman–Crippen MR) is 90.7 cm³/mol. The fourth-order valence-electron chi connectivity index (χ4n) is 2.93. The molecule has 2 rings (SSSR count). The molecule has 126 valence electrons. The van der Waals surface area contributed by atoms with Crippen molar-refractivity contribution in [3.05, 3.63) is 35.9 Å². The van der Waals surface area contributed by atoms with Crippen molar-refractivity contribution in [1.29, 1.82) is 0 Å². The maximum Gasteiger partial charge on any atom is 0.227 e. The molecule has 0 aliphatic carbocycles. The van der Waals surface area contributed by atoms with Crippen molar-refractivity contribution >= 4 is 11.8 Å². The van der Waals surface area contributed by atoms with Gasteiger partial charge in [-0.1, -0.05) is 30.3 Å². The molecule has 0 spiro atoms. The topological polar surface area (TPSA) is 75.4 Å². The van der Waals surface area contributed by atoms with Crippen LogP contribution in [0.2, 0.25) is 0 Å². The summed E-state index contributed by atoms with van der Waals surface area (Å²) in [7, 11) is 0. The summed E-state index contributed by atoms with van der Waals surface area (Å²) in [6.45, 7) is 2.61. The summed E-state index contributed by atoms with van der Waals surface area (Å²) in [5, 5.41) is 2.96. The van der Waals surface area contributed by atoms with Crippen LogP contribution in [0.4, 0.5) is 0 Å². The lowest BCUT2D eigenvalue weighted by Gasteiger charge is -2.32. The van der Waals surface area contributed by atoms with E-state index in [9.17, 15) is 9.59 Å². The molecule has 0 aromatic heterocycles. The van der Waals surface area contributed by atoms with Gasteiger partial charge in [0.1, 0.15) is 0 Å². The minimum absolute atomic E-state index is 0.0687. The highest BCUT2D eigenvalue weighted by Gasteiger charge is 2.28. The molecule has 1 atom stereocenters. The number of hydrogen-bond acceptors (Lipinski definition) is 3. The number of nitrogens with two attached hydrogens (primary N) is 1. The Morgan fingerprint density at radius 1 is 1.22 bits per heavy atom. The normalized spacial score (nSPS) is 17.8. The summed E-state index contributed by atoms with van der Waals surface area (Å²) in [5.74, 6) is 0.0948. The number of unbranched alkanes of at least 4 members (excludes halogenated alkanes) is 1. The Hall–Kier alpha value is -1.88. The second kappa shape index (κ2) is 9.30. The number of nitrogens with one attached hydrogen (secondary N) is 1. The minimum Gasteiger partial charge on any atom is -0.356 e. The van der Waals surface area contributed by atoms with Crippen molar-refractivity contribution < 1.29 is 9.59 Å². The quantitative estimate of drug-likeness (QED) is 0.745. The number of carbonyl (C=O) groups is 2. The van der Waals surface area contributed by atoms with E-state index < -0.39 is 0 Å². The van der Waals surface area contributed by atoms with Crippen molar-refractivity contribution in [2.45, 2.75) is 32.1 Å². The number of benzene rings is 1. The van der Waals surface area contributed by atoms with Crippen LogP contribution in [0.25, 0.3) is 0 Å². The van der Waals surface area contributed by atoms with E-state index in [0.29, 0.717) is 26.1 Å². The molecule has 0 radical (unpaired) electrons. The number of nitrogens with zero attached hydrogens (tertiary/aromatic N) is 1. The Bertz CT molecular complexity index is 504. The molecular formula is C18H27N3O2. The largest absolute Gasteiger partial charge is 0.356 e. The molecular weight excluding hydrogens is 290 g/mol. The average Bonchev–Trinajstić information content (AvgIpc) is 2.59. The van der Waals surface area contributed by atoms with Crippen LogP contribution in [0.1, 0.15) is 31.2 Å². The summed E-state index contributed by atoms with van der Waals surface area (Å²) in [6, 6.07) is 9.75. The SMILES string of the molecule is NCCCCNC(=O)C1CCCN(C(=O)Cc2ccccc2)C1.